The summed E-state index contributed by atoms with van der Waals surface area (Å²) in [7, 11) is 1.78. The Kier molecular flexibility index (Phi) is 7.37. The highest BCUT2D eigenvalue weighted by Crippen LogP contribution is 2.19. The summed E-state index contributed by atoms with van der Waals surface area (Å²) in [6, 6.07) is 14.3. The Morgan fingerprint density at radius 3 is 2.45 bits per heavy atom. The van der Waals surface area contributed by atoms with Gasteiger partial charge in [0.05, 0.1) is 5.69 Å². The number of hydrogen-bond donors (Lipinski definition) is 3. The van der Waals surface area contributed by atoms with Crippen LogP contribution < -0.4 is 11.1 Å². The number of rotatable bonds is 9. The minimum atomic E-state index is -0.641. The summed E-state index contributed by atoms with van der Waals surface area (Å²) in [5.41, 5.74) is 8.90. The van der Waals surface area contributed by atoms with E-state index < -0.39 is 6.03 Å². The number of aromatic amines is 1. The van der Waals surface area contributed by atoms with E-state index in [2.05, 4.69) is 15.5 Å². The molecule has 0 fully saturated rings. The van der Waals surface area contributed by atoms with Gasteiger partial charge in [0.25, 0.3) is 5.91 Å². The fourth-order valence-corrected chi connectivity index (χ4v) is 3.26. The Balaban J connectivity index is 1.39. The number of anilines is 1. The second kappa shape index (κ2) is 10.4. The zero-order chi connectivity index (χ0) is 22.2. The number of primary amides is 1. The van der Waals surface area contributed by atoms with Gasteiger partial charge in [0, 0.05) is 36.1 Å². The van der Waals surface area contributed by atoms with Crippen molar-refractivity contribution in [2.24, 2.45) is 5.73 Å². The molecule has 3 amide bonds. The van der Waals surface area contributed by atoms with Crippen molar-refractivity contribution in [3.05, 3.63) is 71.7 Å². The van der Waals surface area contributed by atoms with Gasteiger partial charge in [-0.15, -0.1) is 0 Å². The molecule has 0 spiro atoms. The van der Waals surface area contributed by atoms with Gasteiger partial charge < -0.3 is 16.0 Å². The van der Waals surface area contributed by atoms with Crippen molar-refractivity contribution >= 4 is 17.6 Å². The lowest BCUT2D eigenvalue weighted by Crippen LogP contribution is -2.27. The predicted molar refractivity (Wildman–Crippen MR) is 118 cm³/mol. The van der Waals surface area contributed by atoms with E-state index in [4.69, 9.17) is 5.73 Å². The smallest absolute Gasteiger partial charge is 0.316 e. The molecule has 0 aliphatic rings. The lowest BCUT2D eigenvalue weighted by atomic mass is 10.1. The summed E-state index contributed by atoms with van der Waals surface area (Å²) in [5.74, 6) is -0.330. The molecule has 1 heterocycles. The number of halogens is 1. The molecule has 0 bridgehead atoms. The van der Waals surface area contributed by atoms with Gasteiger partial charge >= 0.3 is 6.03 Å². The highest BCUT2D eigenvalue weighted by atomic mass is 19.1. The van der Waals surface area contributed by atoms with Crippen molar-refractivity contribution in [2.45, 2.75) is 25.7 Å². The van der Waals surface area contributed by atoms with Crippen molar-refractivity contribution in [3.63, 3.8) is 0 Å². The first-order chi connectivity index (χ1) is 14.9. The van der Waals surface area contributed by atoms with E-state index in [1.54, 1.807) is 48.3 Å². The molecule has 0 aliphatic heterocycles. The minimum absolute atomic E-state index is 0.0665. The molecule has 7 nitrogen and oxygen atoms in total. The number of nitrogens with two attached hydrogens (primary N) is 1. The molecular weight excluding hydrogens is 397 g/mol. The summed E-state index contributed by atoms with van der Waals surface area (Å²) >= 11 is 0. The lowest BCUT2D eigenvalue weighted by molar-refractivity contribution is 0.0792. The Morgan fingerprint density at radius 1 is 1.06 bits per heavy atom. The number of nitrogens with one attached hydrogen (secondary N) is 2. The van der Waals surface area contributed by atoms with Crippen LogP contribution in [-0.2, 0) is 6.42 Å². The highest BCUT2D eigenvalue weighted by molar-refractivity contribution is 5.95. The van der Waals surface area contributed by atoms with Crippen LogP contribution in [-0.4, -0.2) is 40.6 Å². The van der Waals surface area contributed by atoms with E-state index in [9.17, 15) is 14.0 Å². The largest absolute Gasteiger partial charge is 0.351 e. The molecule has 3 aromatic rings. The van der Waals surface area contributed by atoms with Crippen LogP contribution in [0.4, 0.5) is 14.9 Å². The maximum atomic E-state index is 13.0. The third-order valence-electron chi connectivity index (χ3n) is 4.96. The van der Waals surface area contributed by atoms with Crippen LogP contribution in [0.2, 0.25) is 0 Å². The molecule has 162 valence electrons. The molecule has 0 saturated heterocycles. The topological polar surface area (TPSA) is 104 Å². The van der Waals surface area contributed by atoms with Gasteiger partial charge in [0.1, 0.15) is 5.82 Å². The number of aryl methyl sites for hydroxylation is 1. The Labute approximate surface area is 180 Å². The van der Waals surface area contributed by atoms with Gasteiger partial charge in [-0.1, -0.05) is 6.42 Å². The van der Waals surface area contributed by atoms with Crippen LogP contribution in [0.15, 0.2) is 54.6 Å². The van der Waals surface area contributed by atoms with E-state index in [0.29, 0.717) is 17.8 Å². The first kappa shape index (κ1) is 22.0. The summed E-state index contributed by atoms with van der Waals surface area (Å²) < 4.78 is 13.0. The second-order valence-corrected chi connectivity index (χ2v) is 7.39. The number of carbonyl (C=O) groups excluding carboxylic acids is 2. The summed E-state index contributed by atoms with van der Waals surface area (Å²) in [6.45, 7) is 0.657. The quantitative estimate of drug-likeness (QED) is 0.450. The summed E-state index contributed by atoms with van der Waals surface area (Å²) in [5, 5.41) is 9.79. The average molecular weight is 423 g/mol. The molecule has 0 unspecified atom stereocenters. The maximum Gasteiger partial charge on any atom is 0.316 e. The van der Waals surface area contributed by atoms with Crippen molar-refractivity contribution in [1.29, 1.82) is 0 Å². The number of nitrogens with zero attached hydrogens (tertiary/aromatic N) is 2. The third-order valence-corrected chi connectivity index (χ3v) is 4.96. The molecule has 0 aliphatic carbocycles. The Morgan fingerprint density at radius 2 is 1.77 bits per heavy atom. The SMILES string of the molecule is CN(CCCCCc1cc(-c2ccc(F)cc2)n[nH]1)C(=O)c1ccc(NC(N)=O)cc1. The number of carbonyl (C=O) groups is 2. The number of amides is 3. The molecular formula is C23H26FN5O2. The number of unbranched alkanes of at least 4 members (excludes halogenated alkanes) is 2. The van der Waals surface area contributed by atoms with Gasteiger partial charge in [0.15, 0.2) is 0 Å². The minimum Gasteiger partial charge on any atom is -0.351 e. The highest BCUT2D eigenvalue weighted by Gasteiger charge is 2.11. The molecule has 8 heteroatoms. The molecule has 0 radical (unpaired) electrons. The Bertz CT molecular complexity index is 1020. The van der Waals surface area contributed by atoms with Gasteiger partial charge in [-0.2, -0.15) is 5.10 Å². The van der Waals surface area contributed by atoms with Crippen LogP contribution in [0.1, 0.15) is 35.3 Å². The molecule has 4 N–H and O–H groups in total. The third kappa shape index (κ3) is 6.40. The Hall–Kier alpha value is -3.68. The number of H-pyrrole nitrogens is 1. The first-order valence-electron chi connectivity index (χ1n) is 10.1. The molecule has 31 heavy (non-hydrogen) atoms. The van der Waals surface area contributed by atoms with E-state index >= 15 is 0 Å². The van der Waals surface area contributed by atoms with Crippen LogP contribution in [0.3, 0.4) is 0 Å². The van der Waals surface area contributed by atoms with E-state index in [0.717, 1.165) is 42.6 Å². The molecule has 1 aromatic heterocycles. The second-order valence-electron chi connectivity index (χ2n) is 7.39. The number of aromatic nitrogens is 2. The van der Waals surface area contributed by atoms with E-state index in [1.807, 2.05) is 6.07 Å². The zero-order valence-corrected chi connectivity index (χ0v) is 17.4. The van der Waals surface area contributed by atoms with Crippen molar-refractivity contribution in [1.82, 2.24) is 15.1 Å². The van der Waals surface area contributed by atoms with Gasteiger partial charge in [-0.05, 0) is 73.9 Å². The molecule has 0 saturated carbocycles. The van der Waals surface area contributed by atoms with E-state index in [1.165, 1.54) is 12.1 Å². The van der Waals surface area contributed by atoms with Crippen LogP contribution in [0.25, 0.3) is 11.3 Å². The predicted octanol–water partition coefficient (Wildman–Crippen LogP) is 4.19. The standard InChI is InChI=1S/C23H26FN5O2/c1-29(22(30)17-8-12-19(13-9-17)26-23(25)31)14-4-2-3-5-20-15-21(28-27-20)16-6-10-18(24)11-7-16/h6-13,15H,2-5,14H2,1H3,(H,27,28)(H3,25,26,31). The first-order valence-corrected chi connectivity index (χ1v) is 10.1. The van der Waals surface area contributed by atoms with Crippen LogP contribution >= 0.6 is 0 Å². The van der Waals surface area contributed by atoms with Crippen LogP contribution in [0, 0.1) is 5.82 Å². The van der Waals surface area contributed by atoms with Crippen molar-refractivity contribution in [2.75, 3.05) is 18.9 Å². The molecule has 0 atom stereocenters. The normalized spacial score (nSPS) is 10.6. The average Bonchev–Trinajstić information content (AvgIpc) is 3.22. The van der Waals surface area contributed by atoms with Crippen molar-refractivity contribution < 1.29 is 14.0 Å². The fraction of sp³-hybridized carbons (Fsp3) is 0.261. The van der Waals surface area contributed by atoms with Gasteiger partial charge in [-0.25, -0.2) is 9.18 Å². The van der Waals surface area contributed by atoms with Crippen LogP contribution in [0.5, 0.6) is 0 Å². The number of benzene rings is 2. The fourth-order valence-electron chi connectivity index (χ4n) is 3.26. The monoisotopic (exact) mass is 423 g/mol. The molecule has 3 rings (SSSR count). The molecule has 2 aromatic carbocycles. The van der Waals surface area contributed by atoms with E-state index in [-0.39, 0.29) is 11.7 Å². The van der Waals surface area contributed by atoms with Crippen molar-refractivity contribution in [3.8, 4) is 11.3 Å². The summed E-state index contributed by atoms with van der Waals surface area (Å²) in [4.78, 5) is 25.0. The van der Waals surface area contributed by atoms with Gasteiger partial charge in [0.2, 0.25) is 0 Å². The zero-order valence-electron chi connectivity index (χ0n) is 17.4. The number of hydrogen-bond acceptors (Lipinski definition) is 3. The van der Waals surface area contributed by atoms with Gasteiger partial charge in [-0.3, -0.25) is 9.89 Å². The number of urea groups is 1. The maximum absolute atomic E-state index is 13.0. The lowest BCUT2D eigenvalue weighted by Gasteiger charge is -2.17. The summed E-state index contributed by atoms with van der Waals surface area (Å²) in [6.07, 6.45) is 3.70.